The fourth-order valence-electron chi connectivity index (χ4n) is 3.08. The summed E-state index contributed by atoms with van der Waals surface area (Å²) in [5.41, 5.74) is 0. The second-order valence-electron chi connectivity index (χ2n) is 6.54. The number of nitrogens with zero attached hydrogens (tertiary/aromatic N) is 1. The zero-order valence-corrected chi connectivity index (χ0v) is 13.4. The number of carbonyl (C=O) groups excluding carboxylic acids is 2. The minimum absolute atomic E-state index is 0.0124. The van der Waals surface area contributed by atoms with Crippen molar-refractivity contribution in [2.75, 3.05) is 19.6 Å². The number of hydrogen-bond acceptors (Lipinski definition) is 4. The van der Waals surface area contributed by atoms with Crippen LogP contribution >= 0.6 is 0 Å². The predicted molar refractivity (Wildman–Crippen MR) is 85.5 cm³/mol. The van der Waals surface area contributed by atoms with Crippen molar-refractivity contribution in [3.05, 3.63) is 24.2 Å². The van der Waals surface area contributed by atoms with Gasteiger partial charge in [-0.15, -0.1) is 0 Å². The average molecular weight is 319 g/mol. The van der Waals surface area contributed by atoms with Crippen LogP contribution < -0.4 is 10.6 Å². The molecule has 2 N–H and O–H groups in total. The molecule has 0 spiro atoms. The highest BCUT2D eigenvalue weighted by molar-refractivity contribution is 5.79. The van der Waals surface area contributed by atoms with E-state index in [1.165, 1.54) is 6.42 Å². The number of likely N-dealkylation sites (tertiary alicyclic amines) is 1. The lowest BCUT2D eigenvalue weighted by Crippen LogP contribution is -2.49. The molecule has 0 unspecified atom stereocenters. The summed E-state index contributed by atoms with van der Waals surface area (Å²) >= 11 is 0. The monoisotopic (exact) mass is 319 g/mol. The van der Waals surface area contributed by atoms with Gasteiger partial charge in [0, 0.05) is 25.0 Å². The van der Waals surface area contributed by atoms with Gasteiger partial charge < -0.3 is 15.1 Å². The van der Waals surface area contributed by atoms with E-state index in [4.69, 9.17) is 4.42 Å². The van der Waals surface area contributed by atoms with E-state index in [-0.39, 0.29) is 23.8 Å². The lowest BCUT2D eigenvalue weighted by Gasteiger charge is -2.33. The third-order valence-electron chi connectivity index (χ3n) is 4.82. The molecule has 1 saturated carbocycles. The Labute approximate surface area is 136 Å². The van der Waals surface area contributed by atoms with E-state index < -0.39 is 0 Å². The number of hydrogen-bond donors (Lipinski definition) is 2. The summed E-state index contributed by atoms with van der Waals surface area (Å²) < 4.78 is 5.19. The number of rotatable bonds is 6. The van der Waals surface area contributed by atoms with Gasteiger partial charge in [0.2, 0.25) is 11.8 Å². The van der Waals surface area contributed by atoms with E-state index in [0.717, 1.165) is 44.5 Å². The second kappa shape index (κ2) is 7.64. The highest BCUT2D eigenvalue weighted by Gasteiger charge is 2.28. The summed E-state index contributed by atoms with van der Waals surface area (Å²) in [5, 5.41) is 6.02. The fourth-order valence-corrected chi connectivity index (χ4v) is 3.08. The number of carbonyl (C=O) groups is 2. The standard InChI is InChI=1S/C17H25N3O3/c21-16(18-11-15-5-2-10-23-15)12-20-8-6-14(7-9-20)19-17(22)13-3-1-4-13/h2,5,10,13-14H,1,3-4,6-9,11-12H2,(H,18,21)(H,19,22). The van der Waals surface area contributed by atoms with Crippen LogP contribution in [0.3, 0.4) is 0 Å². The van der Waals surface area contributed by atoms with Gasteiger partial charge in [0.25, 0.3) is 0 Å². The van der Waals surface area contributed by atoms with Crippen LogP contribution in [0.25, 0.3) is 0 Å². The van der Waals surface area contributed by atoms with E-state index in [2.05, 4.69) is 15.5 Å². The summed E-state index contributed by atoms with van der Waals surface area (Å²) in [7, 11) is 0. The Kier molecular flexibility index (Phi) is 5.33. The normalized spacial score (nSPS) is 20.0. The van der Waals surface area contributed by atoms with Crippen molar-refractivity contribution < 1.29 is 14.0 Å². The minimum Gasteiger partial charge on any atom is -0.467 e. The molecule has 1 aliphatic heterocycles. The van der Waals surface area contributed by atoms with E-state index in [1.54, 1.807) is 6.26 Å². The third-order valence-corrected chi connectivity index (χ3v) is 4.82. The highest BCUT2D eigenvalue weighted by Crippen LogP contribution is 2.26. The largest absolute Gasteiger partial charge is 0.467 e. The number of nitrogens with one attached hydrogen (secondary N) is 2. The van der Waals surface area contributed by atoms with Crippen LogP contribution in [0.15, 0.2) is 22.8 Å². The Balaban J connectivity index is 1.32. The number of piperidine rings is 1. The summed E-state index contributed by atoms with van der Waals surface area (Å²) in [5.74, 6) is 1.25. The van der Waals surface area contributed by atoms with Crippen molar-refractivity contribution in [1.29, 1.82) is 0 Å². The van der Waals surface area contributed by atoms with Crippen molar-refractivity contribution >= 4 is 11.8 Å². The van der Waals surface area contributed by atoms with Crippen LogP contribution in [0.5, 0.6) is 0 Å². The van der Waals surface area contributed by atoms with Crippen LogP contribution in [-0.2, 0) is 16.1 Å². The highest BCUT2D eigenvalue weighted by atomic mass is 16.3. The molecule has 0 radical (unpaired) electrons. The quantitative estimate of drug-likeness (QED) is 0.828. The predicted octanol–water partition coefficient (Wildman–Crippen LogP) is 1.28. The van der Waals surface area contributed by atoms with Gasteiger partial charge in [-0.2, -0.15) is 0 Å². The molecule has 23 heavy (non-hydrogen) atoms. The average Bonchev–Trinajstić information content (AvgIpc) is 2.99. The molecule has 2 aliphatic rings. The van der Waals surface area contributed by atoms with Crippen LogP contribution in [0.4, 0.5) is 0 Å². The van der Waals surface area contributed by atoms with Gasteiger partial charge in [-0.25, -0.2) is 0 Å². The molecule has 6 heteroatoms. The maximum atomic E-state index is 12.0. The van der Waals surface area contributed by atoms with E-state index >= 15 is 0 Å². The van der Waals surface area contributed by atoms with E-state index in [0.29, 0.717) is 13.1 Å². The third kappa shape index (κ3) is 4.58. The Bertz CT molecular complexity index is 517. The molecule has 2 fully saturated rings. The SMILES string of the molecule is O=C(CN1CCC(NC(=O)C2CCC2)CC1)NCc1ccco1. The Hall–Kier alpha value is -1.82. The molecular weight excluding hydrogens is 294 g/mol. The smallest absolute Gasteiger partial charge is 0.234 e. The van der Waals surface area contributed by atoms with Crippen molar-refractivity contribution in [2.24, 2.45) is 5.92 Å². The molecule has 0 aromatic carbocycles. The maximum absolute atomic E-state index is 12.0. The van der Waals surface area contributed by atoms with Crippen molar-refractivity contribution in [2.45, 2.75) is 44.7 Å². The lowest BCUT2D eigenvalue weighted by atomic mass is 9.84. The van der Waals surface area contributed by atoms with Crippen LogP contribution in [-0.4, -0.2) is 42.4 Å². The Morgan fingerprint density at radius 1 is 1.22 bits per heavy atom. The minimum atomic E-state index is 0.0124. The molecule has 6 nitrogen and oxygen atoms in total. The fraction of sp³-hybridized carbons (Fsp3) is 0.647. The van der Waals surface area contributed by atoms with E-state index in [1.807, 2.05) is 12.1 Å². The van der Waals surface area contributed by atoms with Crippen molar-refractivity contribution in [3.63, 3.8) is 0 Å². The van der Waals surface area contributed by atoms with Crippen LogP contribution in [0, 0.1) is 5.92 Å². The molecule has 0 bridgehead atoms. The molecular formula is C17H25N3O3. The molecule has 2 heterocycles. The summed E-state index contributed by atoms with van der Waals surface area (Å²) in [6.07, 6.45) is 6.71. The zero-order chi connectivity index (χ0) is 16.1. The first kappa shape index (κ1) is 16.1. The first-order valence-corrected chi connectivity index (χ1v) is 8.52. The first-order chi connectivity index (χ1) is 11.2. The molecule has 126 valence electrons. The van der Waals surface area contributed by atoms with Gasteiger partial charge in [-0.05, 0) is 37.8 Å². The molecule has 1 aromatic rings. The Morgan fingerprint density at radius 2 is 2.00 bits per heavy atom. The zero-order valence-electron chi connectivity index (χ0n) is 13.4. The summed E-state index contributed by atoms with van der Waals surface area (Å²) in [6.45, 7) is 2.54. The molecule has 0 atom stereocenters. The molecule has 2 amide bonds. The molecule has 1 saturated heterocycles. The lowest BCUT2D eigenvalue weighted by molar-refractivity contribution is -0.129. The maximum Gasteiger partial charge on any atom is 0.234 e. The number of amides is 2. The first-order valence-electron chi connectivity index (χ1n) is 8.52. The molecule has 3 rings (SSSR count). The van der Waals surface area contributed by atoms with Gasteiger partial charge in [0.05, 0.1) is 19.4 Å². The van der Waals surface area contributed by atoms with Gasteiger partial charge in [-0.1, -0.05) is 6.42 Å². The number of furan rings is 1. The molecule has 1 aliphatic carbocycles. The Morgan fingerprint density at radius 3 is 2.61 bits per heavy atom. The van der Waals surface area contributed by atoms with Gasteiger partial charge in [0.15, 0.2) is 0 Å². The van der Waals surface area contributed by atoms with Crippen molar-refractivity contribution in [3.8, 4) is 0 Å². The van der Waals surface area contributed by atoms with E-state index in [9.17, 15) is 9.59 Å². The van der Waals surface area contributed by atoms with Crippen molar-refractivity contribution in [1.82, 2.24) is 15.5 Å². The van der Waals surface area contributed by atoms with Gasteiger partial charge in [0.1, 0.15) is 5.76 Å². The van der Waals surface area contributed by atoms with Crippen LogP contribution in [0.1, 0.15) is 37.9 Å². The van der Waals surface area contributed by atoms with Crippen LogP contribution in [0.2, 0.25) is 0 Å². The summed E-state index contributed by atoms with van der Waals surface area (Å²) in [6, 6.07) is 3.92. The van der Waals surface area contributed by atoms with Gasteiger partial charge >= 0.3 is 0 Å². The summed E-state index contributed by atoms with van der Waals surface area (Å²) in [4.78, 5) is 26.0. The second-order valence-corrected chi connectivity index (χ2v) is 6.54. The topological polar surface area (TPSA) is 74.6 Å². The molecule has 1 aromatic heterocycles. The van der Waals surface area contributed by atoms with Gasteiger partial charge in [-0.3, -0.25) is 14.5 Å².